The van der Waals surface area contributed by atoms with Crippen LogP contribution < -0.4 is 16.0 Å². The summed E-state index contributed by atoms with van der Waals surface area (Å²) in [5, 5.41) is 25.1. The summed E-state index contributed by atoms with van der Waals surface area (Å²) < 4.78 is 0. The molecule has 4 N–H and O–H groups in total. The quantitative estimate of drug-likeness (QED) is 0.545. The highest BCUT2D eigenvalue weighted by Gasteiger charge is 2.40. The number of H-pyrrole nitrogens is 1. The Morgan fingerprint density at radius 3 is 2.67 bits per heavy atom. The number of carbonyl (C=O) groups excluding carboxylic acids is 1. The van der Waals surface area contributed by atoms with Crippen molar-refractivity contribution in [2.75, 3.05) is 24.2 Å². The van der Waals surface area contributed by atoms with E-state index < -0.39 is 0 Å². The molecule has 1 amide bonds. The molecule has 30 heavy (non-hydrogen) atoms. The first-order valence-corrected chi connectivity index (χ1v) is 10.3. The van der Waals surface area contributed by atoms with Crippen molar-refractivity contribution in [3.63, 3.8) is 0 Å². The maximum atomic E-state index is 12.2. The second-order valence-electron chi connectivity index (χ2n) is 7.95. The Kier molecular flexibility index (Phi) is 5.81. The van der Waals surface area contributed by atoms with Crippen molar-refractivity contribution >= 4 is 23.5 Å². The number of rotatable bonds is 7. The number of hydrogen-bond donors (Lipinski definition) is 4. The molecule has 2 saturated heterocycles. The zero-order chi connectivity index (χ0) is 21.1. The van der Waals surface area contributed by atoms with Crippen molar-refractivity contribution in [3.8, 4) is 6.07 Å². The summed E-state index contributed by atoms with van der Waals surface area (Å²) in [6, 6.07) is 6.95. The summed E-state index contributed by atoms with van der Waals surface area (Å²) >= 11 is 0. The summed E-state index contributed by atoms with van der Waals surface area (Å²) in [5.41, 5.74) is 1.22. The first-order valence-electron chi connectivity index (χ1n) is 10.3. The highest BCUT2D eigenvalue weighted by molar-refractivity contribution is 5.93. The molecule has 0 radical (unpaired) electrons. The third-order valence-electron chi connectivity index (χ3n) is 5.85. The first-order chi connectivity index (χ1) is 14.6. The minimum atomic E-state index is -0.270. The molecule has 10 nitrogen and oxygen atoms in total. The molecule has 10 heteroatoms. The van der Waals surface area contributed by atoms with E-state index in [2.05, 4.69) is 47.1 Å². The molecule has 0 spiro atoms. The van der Waals surface area contributed by atoms with Crippen molar-refractivity contribution in [3.05, 3.63) is 23.5 Å². The topological polar surface area (TPSA) is 135 Å². The Balaban J connectivity index is 1.50. The van der Waals surface area contributed by atoms with Crippen molar-refractivity contribution < 1.29 is 4.79 Å². The molecule has 4 heterocycles. The van der Waals surface area contributed by atoms with Gasteiger partial charge in [-0.3, -0.25) is 14.8 Å². The molecule has 4 rings (SSSR count). The van der Waals surface area contributed by atoms with E-state index in [0.717, 1.165) is 25.1 Å². The molecule has 0 unspecified atom stereocenters. The number of fused-ring (bicyclic) bond motifs is 2. The van der Waals surface area contributed by atoms with E-state index in [1.807, 2.05) is 13.0 Å². The molecule has 2 fully saturated rings. The third kappa shape index (κ3) is 4.36. The van der Waals surface area contributed by atoms with E-state index in [4.69, 9.17) is 5.26 Å². The van der Waals surface area contributed by atoms with Gasteiger partial charge in [-0.1, -0.05) is 0 Å². The number of aryl methyl sites for hydroxylation is 1. The van der Waals surface area contributed by atoms with Gasteiger partial charge in [0.05, 0.1) is 6.07 Å². The molecule has 0 saturated carbocycles. The van der Waals surface area contributed by atoms with E-state index in [-0.39, 0.29) is 11.9 Å². The van der Waals surface area contributed by atoms with Crippen molar-refractivity contribution in [1.82, 2.24) is 30.4 Å². The van der Waals surface area contributed by atoms with Gasteiger partial charge in [-0.15, -0.1) is 0 Å². The number of aromatic amines is 1. The molecule has 2 aromatic heterocycles. The average Bonchev–Trinajstić information content (AvgIpc) is 3.24. The summed E-state index contributed by atoms with van der Waals surface area (Å²) in [5.74, 6) is 1.30. The second-order valence-corrected chi connectivity index (χ2v) is 7.95. The number of hydrogen-bond acceptors (Lipinski definition) is 8. The van der Waals surface area contributed by atoms with Gasteiger partial charge in [-0.05, 0) is 32.6 Å². The Morgan fingerprint density at radius 2 is 2.03 bits per heavy atom. The minimum Gasteiger partial charge on any atom is -0.354 e. The van der Waals surface area contributed by atoms with Crippen LogP contribution in [0, 0.1) is 18.3 Å². The Labute approximate surface area is 175 Å². The van der Waals surface area contributed by atoms with Crippen molar-refractivity contribution in [1.29, 1.82) is 5.26 Å². The van der Waals surface area contributed by atoms with Crippen LogP contribution in [0.4, 0.5) is 17.6 Å². The zero-order valence-corrected chi connectivity index (χ0v) is 17.3. The van der Waals surface area contributed by atoms with Crippen LogP contribution in [0.15, 0.2) is 12.1 Å². The average molecular weight is 409 g/mol. The van der Waals surface area contributed by atoms with Gasteiger partial charge in [-0.2, -0.15) is 15.3 Å². The maximum absolute atomic E-state index is 12.2. The lowest BCUT2D eigenvalue weighted by Crippen LogP contribution is -2.47. The van der Waals surface area contributed by atoms with Crippen LogP contribution in [-0.4, -0.2) is 62.7 Å². The number of anilines is 3. The van der Waals surface area contributed by atoms with E-state index >= 15 is 0 Å². The second kappa shape index (κ2) is 8.67. The number of nitrogens with one attached hydrogen (secondary N) is 4. The number of nitriles is 1. The molecule has 3 atom stereocenters. The monoisotopic (exact) mass is 409 g/mol. The molecule has 2 aliphatic rings. The molecular formula is C20H27N9O. The van der Waals surface area contributed by atoms with Crippen LogP contribution in [0.5, 0.6) is 0 Å². The number of piperidine rings is 1. The van der Waals surface area contributed by atoms with Gasteiger partial charge in [0.15, 0.2) is 5.82 Å². The predicted octanol–water partition coefficient (Wildman–Crippen LogP) is 1.93. The zero-order valence-electron chi connectivity index (χ0n) is 17.3. The number of nitrogens with zero attached hydrogens (tertiary/aromatic N) is 5. The Morgan fingerprint density at radius 1 is 1.27 bits per heavy atom. The fraction of sp³-hybridized carbons (Fsp3) is 0.550. The molecule has 2 aliphatic heterocycles. The van der Waals surface area contributed by atoms with Crippen LogP contribution in [-0.2, 0) is 0 Å². The fourth-order valence-corrected chi connectivity index (χ4v) is 4.55. The molecule has 158 valence electrons. The highest BCUT2D eigenvalue weighted by Crippen LogP contribution is 2.36. The van der Waals surface area contributed by atoms with Crippen LogP contribution in [0.1, 0.15) is 48.3 Å². The van der Waals surface area contributed by atoms with E-state index in [1.165, 1.54) is 12.8 Å². The van der Waals surface area contributed by atoms with Crippen LogP contribution in [0.2, 0.25) is 0 Å². The summed E-state index contributed by atoms with van der Waals surface area (Å²) in [4.78, 5) is 23.7. The van der Waals surface area contributed by atoms with Crippen molar-refractivity contribution in [2.45, 2.75) is 57.2 Å². The van der Waals surface area contributed by atoms with Gasteiger partial charge in [0.25, 0.3) is 5.91 Å². The smallest absolute Gasteiger partial charge is 0.269 e. The normalized spacial score (nSPS) is 23.0. The first kappa shape index (κ1) is 20.1. The van der Waals surface area contributed by atoms with Crippen molar-refractivity contribution in [2.24, 2.45) is 0 Å². The van der Waals surface area contributed by atoms with E-state index in [1.54, 1.807) is 13.1 Å². The number of aromatic nitrogens is 4. The van der Waals surface area contributed by atoms with Gasteiger partial charge in [-0.25, -0.2) is 4.98 Å². The summed E-state index contributed by atoms with van der Waals surface area (Å²) in [7, 11) is 1.58. The van der Waals surface area contributed by atoms with Gasteiger partial charge in [0, 0.05) is 56.0 Å². The standard InChI is InChI=1S/C20H27N9O/c1-12-8-18(28-27-12)25-17-11-16(19(30)22-2)24-20(26-17)23-13-9-14-4-5-15(10-13)29(14)7-3-6-21/h8,11,13-15H,3-5,7,9-10H2,1-2H3,(H,22,30)(H3,23,24,25,26,27,28)/t13-,14-,15+. The molecule has 0 aromatic carbocycles. The fourth-order valence-electron chi connectivity index (χ4n) is 4.55. The van der Waals surface area contributed by atoms with Gasteiger partial charge in [0.1, 0.15) is 11.5 Å². The lowest BCUT2D eigenvalue weighted by Gasteiger charge is -2.38. The highest BCUT2D eigenvalue weighted by atomic mass is 16.1. The van der Waals surface area contributed by atoms with Gasteiger partial charge >= 0.3 is 0 Å². The lowest BCUT2D eigenvalue weighted by molar-refractivity contribution is 0.0958. The SMILES string of the molecule is CNC(=O)c1cc(Nc2cc(C)[nH]n2)nc(N[C@@H]2C[C@H]3CC[C@@H](C2)N3CCC#N)n1. The molecule has 2 bridgehead atoms. The number of amides is 1. The van der Waals surface area contributed by atoms with Crippen LogP contribution in [0.25, 0.3) is 0 Å². The summed E-state index contributed by atoms with van der Waals surface area (Å²) in [6.45, 7) is 2.76. The Hall–Kier alpha value is -3.19. The molecular weight excluding hydrogens is 382 g/mol. The van der Waals surface area contributed by atoms with Crippen LogP contribution in [0.3, 0.4) is 0 Å². The van der Waals surface area contributed by atoms with E-state index in [9.17, 15) is 4.79 Å². The van der Waals surface area contributed by atoms with Gasteiger partial charge in [0.2, 0.25) is 5.95 Å². The lowest BCUT2D eigenvalue weighted by atomic mass is 9.97. The third-order valence-corrected chi connectivity index (χ3v) is 5.85. The number of carbonyl (C=O) groups is 1. The Bertz CT molecular complexity index is 936. The predicted molar refractivity (Wildman–Crippen MR) is 112 cm³/mol. The molecule has 0 aliphatic carbocycles. The maximum Gasteiger partial charge on any atom is 0.269 e. The van der Waals surface area contributed by atoms with E-state index in [0.29, 0.717) is 41.8 Å². The minimum absolute atomic E-state index is 0.237. The van der Waals surface area contributed by atoms with Crippen LogP contribution >= 0.6 is 0 Å². The largest absolute Gasteiger partial charge is 0.354 e. The van der Waals surface area contributed by atoms with Gasteiger partial charge < -0.3 is 16.0 Å². The summed E-state index contributed by atoms with van der Waals surface area (Å²) in [6.07, 6.45) is 4.87. The molecule has 2 aromatic rings.